The van der Waals surface area contributed by atoms with Crippen LogP contribution in [0.3, 0.4) is 0 Å². The van der Waals surface area contributed by atoms with Crippen molar-refractivity contribution in [3.05, 3.63) is 29.8 Å². The molecule has 1 aromatic carbocycles. The molecule has 2 unspecified atom stereocenters. The highest BCUT2D eigenvalue weighted by Gasteiger charge is 2.29. The Morgan fingerprint density at radius 1 is 1.40 bits per heavy atom. The highest BCUT2D eigenvalue weighted by atomic mass is 16.5. The van der Waals surface area contributed by atoms with Crippen molar-refractivity contribution in [2.24, 2.45) is 11.7 Å². The maximum Gasteiger partial charge on any atom is 0.222 e. The van der Waals surface area contributed by atoms with E-state index in [-0.39, 0.29) is 11.9 Å². The highest BCUT2D eigenvalue weighted by Crippen LogP contribution is 2.27. The molecule has 1 amide bonds. The summed E-state index contributed by atoms with van der Waals surface area (Å²) < 4.78 is 5.61. The van der Waals surface area contributed by atoms with Gasteiger partial charge >= 0.3 is 0 Å². The monoisotopic (exact) mass is 276 g/mol. The number of likely N-dealkylation sites (tertiary alicyclic amines) is 1. The summed E-state index contributed by atoms with van der Waals surface area (Å²) >= 11 is 0. The van der Waals surface area contributed by atoms with E-state index < -0.39 is 0 Å². The van der Waals surface area contributed by atoms with Gasteiger partial charge in [0.1, 0.15) is 5.75 Å². The highest BCUT2D eigenvalue weighted by molar-refractivity contribution is 5.78. The normalized spacial score (nSPS) is 20.2. The van der Waals surface area contributed by atoms with E-state index in [9.17, 15) is 4.79 Å². The van der Waals surface area contributed by atoms with E-state index in [1.807, 2.05) is 36.1 Å². The number of hydrogen-bond acceptors (Lipinski definition) is 3. The molecule has 2 atom stereocenters. The first-order valence-electron chi connectivity index (χ1n) is 7.40. The first-order valence-corrected chi connectivity index (χ1v) is 7.40. The zero-order chi connectivity index (χ0) is 14.5. The third-order valence-electron chi connectivity index (χ3n) is 3.91. The number of carbonyl (C=O) groups excluding carboxylic acids is 1. The molecular formula is C16H24N2O2. The number of ether oxygens (including phenoxy) is 1. The topological polar surface area (TPSA) is 55.6 Å². The fourth-order valence-corrected chi connectivity index (χ4v) is 2.71. The first-order chi connectivity index (χ1) is 9.65. The third-order valence-corrected chi connectivity index (χ3v) is 3.91. The molecule has 0 bridgehead atoms. The lowest BCUT2D eigenvalue weighted by Crippen LogP contribution is -2.33. The largest absolute Gasteiger partial charge is 0.494 e. The maximum atomic E-state index is 12.0. The van der Waals surface area contributed by atoms with E-state index in [4.69, 9.17) is 10.5 Å². The van der Waals surface area contributed by atoms with Crippen molar-refractivity contribution in [3.8, 4) is 5.75 Å². The summed E-state index contributed by atoms with van der Waals surface area (Å²) in [5.74, 6) is 1.53. The molecular weight excluding hydrogens is 252 g/mol. The molecule has 2 N–H and O–H groups in total. The number of amides is 1. The van der Waals surface area contributed by atoms with Crippen LogP contribution in [0.2, 0.25) is 0 Å². The summed E-state index contributed by atoms with van der Waals surface area (Å²) in [5, 5.41) is 0. The number of nitrogens with two attached hydrogens (primary N) is 1. The van der Waals surface area contributed by atoms with Crippen LogP contribution in [0.25, 0.3) is 0 Å². The van der Waals surface area contributed by atoms with Crippen LogP contribution in [-0.2, 0) is 4.79 Å². The number of para-hydroxylation sites is 1. The summed E-state index contributed by atoms with van der Waals surface area (Å²) in [7, 11) is 0. The lowest BCUT2D eigenvalue weighted by Gasteiger charge is -2.23. The minimum atomic E-state index is -0.197. The quantitative estimate of drug-likeness (QED) is 0.867. The van der Waals surface area contributed by atoms with Crippen molar-refractivity contribution in [2.45, 2.75) is 32.7 Å². The van der Waals surface area contributed by atoms with E-state index in [1.165, 1.54) is 0 Å². The molecule has 1 fully saturated rings. The van der Waals surface area contributed by atoms with Crippen LogP contribution in [0.15, 0.2) is 24.3 Å². The minimum absolute atomic E-state index is 0.197. The van der Waals surface area contributed by atoms with Gasteiger partial charge in [-0.1, -0.05) is 31.5 Å². The molecule has 4 nitrogen and oxygen atoms in total. The van der Waals surface area contributed by atoms with Gasteiger partial charge in [0, 0.05) is 25.1 Å². The SMILES string of the molecule is CCOc1ccccc1C(N)CN1CC(CC)CC1=O. The van der Waals surface area contributed by atoms with Gasteiger partial charge < -0.3 is 15.4 Å². The molecule has 1 heterocycles. The van der Waals surface area contributed by atoms with Crippen LogP contribution in [0.5, 0.6) is 5.75 Å². The van der Waals surface area contributed by atoms with Crippen LogP contribution in [0.1, 0.15) is 38.3 Å². The summed E-state index contributed by atoms with van der Waals surface area (Å²) in [6.07, 6.45) is 1.71. The zero-order valence-corrected chi connectivity index (χ0v) is 12.3. The molecule has 0 aromatic heterocycles. The number of nitrogens with zero attached hydrogens (tertiary/aromatic N) is 1. The van der Waals surface area contributed by atoms with E-state index in [2.05, 4.69) is 6.92 Å². The van der Waals surface area contributed by atoms with Gasteiger partial charge in [-0.2, -0.15) is 0 Å². The van der Waals surface area contributed by atoms with E-state index in [1.54, 1.807) is 0 Å². The number of carbonyl (C=O) groups is 1. The molecule has 2 rings (SSSR count). The second-order valence-electron chi connectivity index (χ2n) is 5.35. The van der Waals surface area contributed by atoms with Crippen molar-refractivity contribution in [1.29, 1.82) is 0 Å². The average molecular weight is 276 g/mol. The van der Waals surface area contributed by atoms with Gasteiger partial charge in [0.05, 0.1) is 12.6 Å². The summed E-state index contributed by atoms with van der Waals surface area (Å²) in [5.41, 5.74) is 7.26. The van der Waals surface area contributed by atoms with Crippen LogP contribution >= 0.6 is 0 Å². The van der Waals surface area contributed by atoms with Gasteiger partial charge in [0.25, 0.3) is 0 Å². The first kappa shape index (κ1) is 14.9. The molecule has 0 saturated carbocycles. The zero-order valence-electron chi connectivity index (χ0n) is 12.3. The van der Waals surface area contributed by atoms with Gasteiger partial charge in [-0.3, -0.25) is 4.79 Å². The molecule has 110 valence electrons. The standard InChI is InChI=1S/C16H24N2O2/c1-3-12-9-16(19)18(10-12)11-14(17)13-7-5-6-8-15(13)20-4-2/h5-8,12,14H,3-4,9-11,17H2,1-2H3. The lowest BCUT2D eigenvalue weighted by atomic mass is 10.1. The molecule has 20 heavy (non-hydrogen) atoms. The Kier molecular flexibility index (Phi) is 5.01. The fourth-order valence-electron chi connectivity index (χ4n) is 2.71. The van der Waals surface area contributed by atoms with Gasteiger partial charge in [0.15, 0.2) is 0 Å². The Morgan fingerprint density at radius 3 is 2.80 bits per heavy atom. The predicted octanol–water partition coefficient (Wildman–Crippen LogP) is 2.34. The second-order valence-corrected chi connectivity index (χ2v) is 5.35. The Hall–Kier alpha value is -1.55. The van der Waals surface area contributed by atoms with E-state index in [0.29, 0.717) is 25.5 Å². The Bertz CT molecular complexity index is 462. The molecule has 0 aliphatic carbocycles. The van der Waals surface area contributed by atoms with Gasteiger partial charge in [-0.15, -0.1) is 0 Å². The van der Waals surface area contributed by atoms with E-state index in [0.717, 1.165) is 24.3 Å². The molecule has 1 aliphatic heterocycles. The molecule has 4 heteroatoms. The summed E-state index contributed by atoms with van der Waals surface area (Å²) in [6, 6.07) is 7.61. The van der Waals surface area contributed by atoms with Crippen LogP contribution < -0.4 is 10.5 Å². The summed E-state index contributed by atoms with van der Waals surface area (Å²) in [6.45, 7) is 6.10. The average Bonchev–Trinajstić information content (AvgIpc) is 2.80. The Morgan fingerprint density at radius 2 is 2.15 bits per heavy atom. The Balaban J connectivity index is 2.05. The van der Waals surface area contributed by atoms with Crippen molar-refractivity contribution in [3.63, 3.8) is 0 Å². The van der Waals surface area contributed by atoms with Crippen molar-refractivity contribution < 1.29 is 9.53 Å². The minimum Gasteiger partial charge on any atom is -0.494 e. The van der Waals surface area contributed by atoms with Crippen molar-refractivity contribution in [2.75, 3.05) is 19.7 Å². The Labute approximate surface area is 120 Å². The van der Waals surface area contributed by atoms with E-state index >= 15 is 0 Å². The molecule has 0 spiro atoms. The van der Waals surface area contributed by atoms with Crippen LogP contribution in [0.4, 0.5) is 0 Å². The second kappa shape index (κ2) is 6.75. The molecule has 1 aliphatic rings. The van der Waals surface area contributed by atoms with Gasteiger partial charge in [-0.05, 0) is 18.9 Å². The fraction of sp³-hybridized carbons (Fsp3) is 0.562. The number of hydrogen-bond donors (Lipinski definition) is 1. The predicted molar refractivity (Wildman–Crippen MR) is 79.5 cm³/mol. The maximum absolute atomic E-state index is 12.0. The third kappa shape index (κ3) is 3.31. The summed E-state index contributed by atoms with van der Waals surface area (Å²) in [4.78, 5) is 13.9. The van der Waals surface area contributed by atoms with Crippen molar-refractivity contribution in [1.82, 2.24) is 4.90 Å². The molecule has 1 aromatic rings. The number of rotatable bonds is 6. The van der Waals surface area contributed by atoms with Crippen LogP contribution in [0, 0.1) is 5.92 Å². The number of benzene rings is 1. The van der Waals surface area contributed by atoms with Gasteiger partial charge in [-0.25, -0.2) is 0 Å². The molecule has 1 saturated heterocycles. The molecule has 0 radical (unpaired) electrons. The smallest absolute Gasteiger partial charge is 0.222 e. The lowest BCUT2D eigenvalue weighted by molar-refractivity contribution is -0.127. The van der Waals surface area contributed by atoms with Crippen LogP contribution in [-0.4, -0.2) is 30.5 Å². The van der Waals surface area contributed by atoms with Gasteiger partial charge in [0.2, 0.25) is 5.91 Å². The van der Waals surface area contributed by atoms with Crippen molar-refractivity contribution >= 4 is 5.91 Å².